The molecule has 5 heteroatoms. The second-order valence-electron chi connectivity index (χ2n) is 6.65. The van der Waals surface area contributed by atoms with Gasteiger partial charge in [0.1, 0.15) is 5.75 Å². The summed E-state index contributed by atoms with van der Waals surface area (Å²) in [6.07, 6.45) is 4.64. The fourth-order valence-electron chi connectivity index (χ4n) is 3.39. The van der Waals surface area contributed by atoms with Crippen LogP contribution < -0.4 is 4.74 Å². The molecule has 1 aromatic heterocycles. The second kappa shape index (κ2) is 7.66. The van der Waals surface area contributed by atoms with Crippen molar-refractivity contribution in [1.82, 2.24) is 14.7 Å². The van der Waals surface area contributed by atoms with Gasteiger partial charge in [-0.1, -0.05) is 24.3 Å². The molecule has 1 aliphatic heterocycles. The van der Waals surface area contributed by atoms with Crippen LogP contribution >= 0.6 is 0 Å². The number of likely N-dealkylation sites (N-methyl/N-ethyl adjacent to an activating group) is 1. The standard InChI is InChI=1S/C22H23N3O2/c1-2-24(13-14-25-12-3-11-23-25)22(26)19-7-4-17(5-8-19)20-9-6-18-10-15-27-21(18)16-20/h3-9,11-12,16H,2,10,13-15H2,1H3. The van der Waals surface area contributed by atoms with Gasteiger partial charge in [-0.05, 0) is 47.9 Å². The van der Waals surface area contributed by atoms with Crippen molar-refractivity contribution in [2.75, 3.05) is 19.7 Å². The molecular weight excluding hydrogens is 338 g/mol. The van der Waals surface area contributed by atoms with Crippen molar-refractivity contribution in [3.63, 3.8) is 0 Å². The summed E-state index contributed by atoms with van der Waals surface area (Å²) < 4.78 is 7.50. The van der Waals surface area contributed by atoms with E-state index in [0.29, 0.717) is 25.2 Å². The van der Waals surface area contributed by atoms with Crippen LogP contribution in [0.15, 0.2) is 60.9 Å². The third-order valence-electron chi connectivity index (χ3n) is 4.99. The molecule has 0 unspecified atom stereocenters. The van der Waals surface area contributed by atoms with Gasteiger partial charge in [-0.2, -0.15) is 5.10 Å². The SMILES string of the molecule is CCN(CCn1cccn1)C(=O)c1ccc(-c2ccc3c(c2)OCC3)cc1. The molecule has 0 bridgehead atoms. The first-order valence-electron chi connectivity index (χ1n) is 9.37. The fourth-order valence-corrected chi connectivity index (χ4v) is 3.39. The van der Waals surface area contributed by atoms with Gasteiger partial charge in [0.2, 0.25) is 0 Å². The molecule has 27 heavy (non-hydrogen) atoms. The van der Waals surface area contributed by atoms with Crippen molar-refractivity contribution < 1.29 is 9.53 Å². The van der Waals surface area contributed by atoms with Gasteiger partial charge >= 0.3 is 0 Å². The molecule has 2 heterocycles. The van der Waals surface area contributed by atoms with Gasteiger partial charge in [0.05, 0.1) is 13.2 Å². The summed E-state index contributed by atoms with van der Waals surface area (Å²) in [4.78, 5) is 14.7. The molecule has 1 aliphatic rings. The highest BCUT2D eigenvalue weighted by Crippen LogP contribution is 2.31. The van der Waals surface area contributed by atoms with Gasteiger partial charge in [-0.15, -0.1) is 0 Å². The quantitative estimate of drug-likeness (QED) is 0.673. The number of carbonyl (C=O) groups is 1. The molecule has 0 atom stereocenters. The summed E-state index contributed by atoms with van der Waals surface area (Å²) in [6, 6.07) is 16.0. The molecule has 0 spiro atoms. The highest BCUT2D eigenvalue weighted by Gasteiger charge is 2.15. The number of aromatic nitrogens is 2. The predicted octanol–water partition coefficient (Wildman–Crippen LogP) is 3.65. The maximum absolute atomic E-state index is 12.8. The third-order valence-corrected chi connectivity index (χ3v) is 4.99. The Balaban J connectivity index is 1.46. The molecule has 0 saturated carbocycles. The molecule has 138 valence electrons. The van der Waals surface area contributed by atoms with E-state index in [1.54, 1.807) is 6.20 Å². The number of fused-ring (bicyclic) bond motifs is 1. The predicted molar refractivity (Wildman–Crippen MR) is 105 cm³/mol. The van der Waals surface area contributed by atoms with Crippen LogP contribution in [0, 0.1) is 0 Å². The minimum atomic E-state index is 0.0495. The monoisotopic (exact) mass is 361 g/mol. The maximum Gasteiger partial charge on any atom is 0.253 e. The third kappa shape index (κ3) is 3.72. The average molecular weight is 361 g/mol. The van der Waals surface area contributed by atoms with Crippen molar-refractivity contribution in [2.24, 2.45) is 0 Å². The molecule has 4 rings (SSSR count). The minimum Gasteiger partial charge on any atom is -0.493 e. The number of hydrogen-bond acceptors (Lipinski definition) is 3. The van der Waals surface area contributed by atoms with Crippen LogP contribution in [0.1, 0.15) is 22.8 Å². The molecule has 3 aromatic rings. The zero-order valence-corrected chi connectivity index (χ0v) is 15.5. The molecule has 0 fully saturated rings. The first-order chi connectivity index (χ1) is 13.2. The Morgan fingerprint density at radius 2 is 2.00 bits per heavy atom. The molecule has 0 N–H and O–H groups in total. The molecule has 0 saturated heterocycles. The van der Waals surface area contributed by atoms with Crippen molar-refractivity contribution in [1.29, 1.82) is 0 Å². The number of amides is 1. The average Bonchev–Trinajstić information content (AvgIpc) is 3.39. The lowest BCUT2D eigenvalue weighted by atomic mass is 10.0. The Morgan fingerprint density at radius 3 is 2.74 bits per heavy atom. The van der Waals surface area contributed by atoms with E-state index in [-0.39, 0.29) is 5.91 Å². The Kier molecular flexibility index (Phi) is 4.92. The zero-order valence-electron chi connectivity index (χ0n) is 15.5. The number of rotatable bonds is 6. The topological polar surface area (TPSA) is 47.4 Å². The summed E-state index contributed by atoms with van der Waals surface area (Å²) >= 11 is 0. The van der Waals surface area contributed by atoms with Crippen molar-refractivity contribution in [3.8, 4) is 16.9 Å². The summed E-state index contributed by atoms with van der Waals surface area (Å²) in [7, 11) is 0. The van der Waals surface area contributed by atoms with Crippen LogP contribution in [-0.4, -0.2) is 40.3 Å². The van der Waals surface area contributed by atoms with E-state index >= 15 is 0 Å². The van der Waals surface area contributed by atoms with E-state index in [1.807, 2.05) is 53.0 Å². The van der Waals surface area contributed by atoms with Gasteiger partial charge in [-0.25, -0.2) is 0 Å². The van der Waals surface area contributed by atoms with E-state index in [2.05, 4.69) is 23.3 Å². The zero-order chi connectivity index (χ0) is 18.6. The van der Waals surface area contributed by atoms with Crippen LogP contribution in [0.5, 0.6) is 5.75 Å². The van der Waals surface area contributed by atoms with Crippen LogP contribution in [0.2, 0.25) is 0 Å². The summed E-state index contributed by atoms with van der Waals surface area (Å²) in [5, 5.41) is 4.19. The smallest absolute Gasteiger partial charge is 0.253 e. The molecule has 2 aromatic carbocycles. The Hall–Kier alpha value is -3.08. The van der Waals surface area contributed by atoms with Crippen LogP contribution in [0.4, 0.5) is 0 Å². The van der Waals surface area contributed by atoms with Gasteiger partial charge in [0.15, 0.2) is 0 Å². The van der Waals surface area contributed by atoms with E-state index < -0.39 is 0 Å². The first-order valence-corrected chi connectivity index (χ1v) is 9.37. The maximum atomic E-state index is 12.8. The molecule has 0 radical (unpaired) electrons. The van der Waals surface area contributed by atoms with Crippen molar-refractivity contribution >= 4 is 5.91 Å². The lowest BCUT2D eigenvalue weighted by Crippen LogP contribution is -2.33. The number of carbonyl (C=O) groups excluding carboxylic acids is 1. The molecule has 5 nitrogen and oxygen atoms in total. The minimum absolute atomic E-state index is 0.0495. The van der Waals surface area contributed by atoms with Gasteiger partial charge in [0.25, 0.3) is 5.91 Å². The van der Waals surface area contributed by atoms with E-state index in [4.69, 9.17) is 4.74 Å². The number of ether oxygens (including phenoxy) is 1. The Morgan fingerprint density at radius 1 is 1.19 bits per heavy atom. The van der Waals surface area contributed by atoms with Crippen LogP contribution in [-0.2, 0) is 13.0 Å². The van der Waals surface area contributed by atoms with Gasteiger partial charge < -0.3 is 9.64 Å². The number of benzene rings is 2. The summed E-state index contributed by atoms with van der Waals surface area (Å²) in [6.45, 7) is 4.77. The fraction of sp³-hybridized carbons (Fsp3) is 0.273. The first kappa shape index (κ1) is 17.3. The van der Waals surface area contributed by atoms with E-state index in [9.17, 15) is 4.79 Å². The number of nitrogens with zero attached hydrogens (tertiary/aromatic N) is 3. The summed E-state index contributed by atoms with van der Waals surface area (Å²) in [5.41, 5.74) is 4.17. The lowest BCUT2D eigenvalue weighted by molar-refractivity contribution is 0.0757. The Bertz CT molecular complexity index is 917. The van der Waals surface area contributed by atoms with E-state index in [0.717, 1.165) is 29.9 Å². The van der Waals surface area contributed by atoms with E-state index in [1.165, 1.54) is 5.56 Å². The van der Waals surface area contributed by atoms with Crippen molar-refractivity contribution in [3.05, 3.63) is 72.1 Å². The highest BCUT2D eigenvalue weighted by atomic mass is 16.5. The largest absolute Gasteiger partial charge is 0.493 e. The molecule has 1 amide bonds. The van der Waals surface area contributed by atoms with Crippen LogP contribution in [0.25, 0.3) is 11.1 Å². The number of hydrogen-bond donors (Lipinski definition) is 0. The highest BCUT2D eigenvalue weighted by molar-refractivity contribution is 5.94. The normalized spacial score (nSPS) is 12.5. The molecular formula is C22H23N3O2. The van der Waals surface area contributed by atoms with Crippen molar-refractivity contribution in [2.45, 2.75) is 19.9 Å². The second-order valence-corrected chi connectivity index (χ2v) is 6.65. The van der Waals surface area contributed by atoms with Gasteiger partial charge in [-0.3, -0.25) is 9.48 Å². The van der Waals surface area contributed by atoms with Gasteiger partial charge in [0, 0.05) is 37.5 Å². The summed E-state index contributed by atoms with van der Waals surface area (Å²) in [5.74, 6) is 1.02. The Labute approximate surface area is 159 Å². The lowest BCUT2D eigenvalue weighted by Gasteiger charge is -2.21. The van der Waals surface area contributed by atoms with Crippen LogP contribution in [0.3, 0.4) is 0 Å². The molecule has 0 aliphatic carbocycles.